The van der Waals surface area contributed by atoms with Crippen molar-refractivity contribution in [1.29, 1.82) is 0 Å². The molecule has 2 N–H and O–H groups in total. The lowest BCUT2D eigenvalue weighted by Gasteiger charge is -2.22. The average molecular weight is 333 g/mol. The van der Waals surface area contributed by atoms with Crippen molar-refractivity contribution in [1.82, 2.24) is 5.32 Å². The summed E-state index contributed by atoms with van der Waals surface area (Å²) in [5.41, 5.74) is -0.980. The van der Waals surface area contributed by atoms with Gasteiger partial charge in [-0.3, -0.25) is 9.59 Å². The second-order valence-corrected chi connectivity index (χ2v) is 5.18. The van der Waals surface area contributed by atoms with Crippen molar-refractivity contribution in [2.45, 2.75) is 39.1 Å². The van der Waals surface area contributed by atoms with Crippen molar-refractivity contribution >= 4 is 11.9 Å². The summed E-state index contributed by atoms with van der Waals surface area (Å²) in [5.74, 6) is -3.08. The number of carbonyl (C=O) groups excluding carboxylic acids is 1. The maximum atomic E-state index is 12.9. The number of carbonyl (C=O) groups is 2. The van der Waals surface area contributed by atoms with Crippen molar-refractivity contribution in [3.8, 4) is 5.75 Å². The van der Waals surface area contributed by atoms with Crippen LogP contribution in [0.1, 0.15) is 26.3 Å². The Morgan fingerprint density at radius 1 is 1.17 bits per heavy atom. The summed E-state index contributed by atoms with van der Waals surface area (Å²) in [6.07, 6.45) is -5.81. The van der Waals surface area contributed by atoms with Crippen molar-refractivity contribution < 1.29 is 32.6 Å². The van der Waals surface area contributed by atoms with E-state index in [0.29, 0.717) is 0 Å². The van der Waals surface area contributed by atoms with Gasteiger partial charge in [0.2, 0.25) is 0 Å². The topological polar surface area (TPSA) is 75.6 Å². The molecule has 0 aliphatic rings. The standard InChI is InChI=1S/C15H18F3NO4/c1-8(14(21)22)9(2)19-13(20)10(3)23-12-7-5-4-6-11(12)15(16,17)18/h4-10H,1-3H3,(H,19,20)(H,21,22). The van der Waals surface area contributed by atoms with Crippen LogP contribution in [0.4, 0.5) is 13.2 Å². The Morgan fingerprint density at radius 2 is 1.74 bits per heavy atom. The van der Waals surface area contributed by atoms with Gasteiger partial charge in [-0.25, -0.2) is 0 Å². The van der Waals surface area contributed by atoms with Crippen molar-refractivity contribution in [2.75, 3.05) is 0 Å². The van der Waals surface area contributed by atoms with Crippen LogP contribution in [0.2, 0.25) is 0 Å². The first-order valence-electron chi connectivity index (χ1n) is 6.90. The zero-order valence-corrected chi connectivity index (χ0v) is 12.8. The second kappa shape index (κ2) is 7.34. The van der Waals surface area contributed by atoms with Crippen LogP contribution in [0.15, 0.2) is 24.3 Å². The third kappa shape index (κ3) is 5.15. The molecule has 0 heterocycles. The number of benzene rings is 1. The van der Waals surface area contributed by atoms with Gasteiger partial charge in [-0.05, 0) is 32.9 Å². The number of alkyl halides is 3. The first-order chi connectivity index (χ1) is 10.5. The van der Waals surface area contributed by atoms with Gasteiger partial charge in [0.05, 0.1) is 11.5 Å². The summed E-state index contributed by atoms with van der Waals surface area (Å²) < 4.78 is 43.7. The molecule has 23 heavy (non-hydrogen) atoms. The minimum absolute atomic E-state index is 0.457. The molecule has 128 valence electrons. The van der Waals surface area contributed by atoms with E-state index in [1.54, 1.807) is 0 Å². The third-order valence-corrected chi connectivity index (χ3v) is 3.37. The van der Waals surface area contributed by atoms with Crippen LogP contribution in [0.3, 0.4) is 0 Å². The van der Waals surface area contributed by atoms with E-state index < -0.39 is 47.4 Å². The number of para-hydroxylation sites is 1. The summed E-state index contributed by atoms with van der Waals surface area (Å²) in [7, 11) is 0. The molecule has 0 fully saturated rings. The van der Waals surface area contributed by atoms with Crippen LogP contribution < -0.4 is 10.1 Å². The molecule has 3 unspecified atom stereocenters. The van der Waals surface area contributed by atoms with Gasteiger partial charge in [-0.2, -0.15) is 13.2 Å². The van der Waals surface area contributed by atoms with E-state index in [-0.39, 0.29) is 0 Å². The number of halogens is 3. The zero-order valence-electron chi connectivity index (χ0n) is 12.8. The lowest BCUT2D eigenvalue weighted by atomic mass is 10.0. The highest BCUT2D eigenvalue weighted by molar-refractivity contribution is 5.82. The van der Waals surface area contributed by atoms with Crippen molar-refractivity contribution in [3.63, 3.8) is 0 Å². The Morgan fingerprint density at radius 3 is 2.26 bits per heavy atom. The van der Waals surface area contributed by atoms with E-state index in [0.717, 1.165) is 12.1 Å². The fourth-order valence-electron chi connectivity index (χ4n) is 1.73. The number of hydrogen-bond acceptors (Lipinski definition) is 3. The molecule has 0 aromatic heterocycles. The summed E-state index contributed by atoms with van der Waals surface area (Å²) in [4.78, 5) is 22.8. The summed E-state index contributed by atoms with van der Waals surface area (Å²) in [6, 6.07) is 3.87. The molecule has 5 nitrogen and oxygen atoms in total. The average Bonchev–Trinajstić information content (AvgIpc) is 2.45. The highest BCUT2D eigenvalue weighted by atomic mass is 19.4. The van der Waals surface area contributed by atoms with Crippen LogP contribution in [0, 0.1) is 5.92 Å². The van der Waals surface area contributed by atoms with Crippen LogP contribution in [-0.2, 0) is 15.8 Å². The second-order valence-electron chi connectivity index (χ2n) is 5.18. The number of rotatable bonds is 6. The molecule has 1 rings (SSSR count). The Kier molecular flexibility index (Phi) is 6.00. The number of aliphatic carboxylic acids is 1. The molecule has 0 saturated heterocycles. The Bertz CT molecular complexity index is 574. The predicted molar refractivity (Wildman–Crippen MR) is 75.9 cm³/mol. The van der Waals surface area contributed by atoms with Crippen LogP contribution in [0.25, 0.3) is 0 Å². The highest BCUT2D eigenvalue weighted by Gasteiger charge is 2.35. The molecule has 1 aromatic carbocycles. The summed E-state index contributed by atoms with van der Waals surface area (Å²) in [6.45, 7) is 4.20. The summed E-state index contributed by atoms with van der Waals surface area (Å²) >= 11 is 0. The molecule has 0 spiro atoms. The quantitative estimate of drug-likeness (QED) is 0.839. The maximum Gasteiger partial charge on any atom is 0.419 e. The van der Waals surface area contributed by atoms with E-state index in [4.69, 9.17) is 9.84 Å². The molecular formula is C15H18F3NO4. The number of nitrogens with one attached hydrogen (secondary N) is 1. The molecule has 0 saturated carbocycles. The van der Waals surface area contributed by atoms with Crippen LogP contribution in [0.5, 0.6) is 5.75 Å². The summed E-state index contributed by atoms with van der Waals surface area (Å²) in [5, 5.41) is 11.3. The number of carboxylic acid groups (broad SMARTS) is 1. The monoisotopic (exact) mass is 333 g/mol. The fourth-order valence-corrected chi connectivity index (χ4v) is 1.73. The number of hydrogen-bond donors (Lipinski definition) is 2. The zero-order chi connectivity index (χ0) is 17.8. The maximum absolute atomic E-state index is 12.9. The van der Waals surface area contributed by atoms with E-state index in [1.165, 1.54) is 32.9 Å². The van der Waals surface area contributed by atoms with Gasteiger partial charge in [-0.1, -0.05) is 12.1 Å². The molecule has 0 aliphatic heterocycles. The molecular weight excluding hydrogens is 315 g/mol. The smallest absolute Gasteiger partial charge is 0.419 e. The van der Waals surface area contributed by atoms with Gasteiger partial charge in [0.1, 0.15) is 5.75 Å². The van der Waals surface area contributed by atoms with E-state index in [9.17, 15) is 22.8 Å². The van der Waals surface area contributed by atoms with Crippen molar-refractivity contribution in [2.24, 2.45) is 5.92 Å². The van der Waals surface area contributed by atoms with E-state index in [2.05, 4.69) is 5.32 Å². The van der Waals surface area contributed by atoms with Gasteiger partial charge in [0, 0.05) is 6.04 Å². The molecule has 0 bridgehead atoms. The number of amides is 1. The highest BCUT2D eigenvalue weighted by Crippen LogP contribution is 2.36. The minimum atomic E-state index is -4.60. The largest absolute Gasteiger partial charge is 0.481 e. The first-order valence-corrected chi connectivity index (χ1v) is 6.90. The van der Waals surface area contributed by atoms with Crippen molar-refractivity contribution in [3.05, 3.63) is 29.8 Å². The Balaban J connectivity index is 2.79. The number of carboxylic acids is 1. The predicted octanol–water partition coefficient (Wildman–Crippen LogP) is 2.70. The lowest BCUT2D eigenvalue weighted by Crippen LogP contribution is -2.45. The molecule has 0 radical (unpaired) electrons. The van der Waals surface area contributed by atoms with Crippen LogP contribution in [-0.4, -0.2) is 29.1 Å². The molecule has 1 amide bonds. The molecule has 8 heteroatoms. The van der Waals surface area contributed by atoms with Gasteiger partial charge < -0.3 is 15.2 Å². The van der Waals surface area contributed by atoms with E-state index >= 15 is 0 Å². The fraction of sp³-hybridized carbons (Fsp3) is 0.467. The first kappa shape index (κ1) is 18.8. The molecule has 3 atom stereocenters. The molecule has 0 aliphatic carbocycles. The SMILES string of the molecule is CC(Oc1ccccc1C(F)(F)F)C(=O)NC(C)C(C)C(=O)O. The van der Waals surface area contributed by atoms with Gasteiger partial charge in [-0.15, -0.1) is 0 Å². The third-order valence-electron chi connectivity index (χ3n) is 3.37. The number of ether oxygens (including phenoxy) is 1. The normalized spacial score (nSPS) is 15.4. The molecule has 1 aromatic rings. The van der Waals surface area contributed by atoms with Crippen LogP contribution >= 0.6 is 0 Å². The van der Waals surface area contributed by atoms with Gasteiger partial charge >= 0.3 is 12.1 Å². The van der Waals surface area contributed by atoms with E-state index in [1.807, 2.05) is 0 Å². The lowest BCUT2D eigenvalue weighted by molar-refractivity contribution is -0.143. The minimum Gasteiger partial charge on any atom is -0.481 e. The Hall–Kier alpha value is -2.25. The Labute approximate surface area is 131 Å². The van der Waals surface area contributed by atoms with Gasteiger partial charge in [0.15, 0.2) is 6.10 Å². The van der Waals surface area contributed by atoms with Gasteiger partial charge in [0.25, 0.3) is 5.91 Å².